The third kappa shape index (κ3) is 5.48. The summed E-state index contributed by atoms with van der Waals surface area (Å²) in [6.07, 6.45) is -0.0545. The molecule has 3 aromatic rings. The topological polar surface area (TPSA) is 85.4 Å². The minimum atomic E-state index is -3.62. The first-order chi connectivity index (χ1) is 13.4. The smallest absolute Gasteiger partial charge is 0.307 e. The summed E-state index contributed by atoms with van der Waals surface area (Å²) in [5, 5.41) is 2.71. The van der Waals surface area contributed by atoms with Crippen molar-refractivity contribution < 1.29 is 17.9 Å². The molecule has 0 atom stereocenters. The first kappa shape index (κ1) is 20.2. The van der Waals surface area contributed by atoms with Crippen LogP contribution in [0.5, 0.6) is 0 Å². The molecule has 0 spiro atoms. The van der Waals surface area contributed by atoms with Gasteiger partial charge in [0.05, 0.1) is 17.0 Å². The van der Waals surface area contributed by atoms with Gasteiger partial charge < -0.3 is 4.74 Å². The number of aromatic nitrogens is 1. The molecule has 6 nitrogen and oxygen atoms in total. The van der Waals surface area contributed by atoms with Gasteiger partial charge in [0.15, 0.2) is 0 Å². The normalized spacial score (nSPS) is 11.3. The van der Waals surface area contributed by atoms with Gasteiger partial charge in [-0.05, 0) is 19.1 Å². The lowest BCUT2D eigenvalue weighted by Crippen LogP contribution is -2.26. The van der Waals surface area contributed by atoms with Crippen LogP contribution in [0.2, 0.25) is 0 Å². The van der Waals surface area contributed by atoms with Gasteiger partial charge in [-0.3, -0.25) is 4.79 Å². The second kappa shape index (κ2) is 9.09. The average Bonchev–Trinajstić information content (AvgIpc) is 3.16. The van der Waals surface area contributed by atoms with Gasteiger partial charge in [0, 0.05) is 17.5 Å². The number of carbonyl (C=O) groups is 1. The molecule has 0 aliphatic carbocycles. The number of aryl methyl sites for hydroxylation is 1. The van der Waals surface area contributed by atoms with Gasteiger partial charge in [0.25, 0.3) is 0 Å². The van der Waals surface area contributed by atoms with Crippen LogP contribution in [0.4, 0.5) is 0 Å². The summed E-state index contributed by atoms with van der Waals surface area (Å²) in [7, 11) is -3.62. The molecule has 146 valence electrons. The average molecular weight is 417 g/mol. The maximum absolute atomic E-state index is 12.1. The Morgan fingerprint density at radius 1 is 1.11 bits per heavy atom. The van der Waals surface area contributed by atoms with Crippen LogP contribution >= 0.6 is 11.3 Å². The zero-order valence-corrected chi connectivity index (χ0v) is 16.9. The van der Waals surface area contributed by atoms with E-state index in [1.54, 1.807) is 18.2 Å². The van der Waals surface area contributed by atoms with Gasteiger partial charge in [-0.25, -0.2) is 18.1 Å². The molecule has 0 unspecified atom stereocenters. The first-order valence-electron chi connectivity index (χ1n) is 8.66. The fraction of sp³-hybridized carbons (Fsp3) is 0.200. The summed E-state index contributed by atoms with van der Waals surface area (Å²) < 4.78 is 31.7. The lowest BCUT2D eigenvalue weighted by molar-refractivity contribution is -0.144. The number of benzene rings is 2. The van der Waals surface area contributed by atoms with E-state index >= 15 is 0 Å². The fourth-order valence-corrected chi connectivity index (χ4v) is 4.26. The summed E-state index contributed by atoms with van der Waals surface area (Å²) in [5.74, 6) is -0.486. The minimum absolute atomic E-state index is 0.0260. The van der Waals surface area contributed by atoms with Crippen LogP contribution in [0.1, 0.15) is 17.7 Å². The van der Waals surface area contributed by atoms with Crippen LogP contribution < -0.4 is 4.72 Å². The summed E-state index contributed by atoms with van der Waals surface area (Å²) in [6, 6.07) is 16.1. The predicted octanol–water partition coefficient (Wildman–Crippen LogP) is 3.53. The van der Waals surface area contributed by atoms with Crippen LogP contribution in [-0.2, 0) is 26.2 Å². The third-order valence-electron chi connectivity index (χ3n) is 3.91. The monoisotopic (exact) mass is 416 g/mol. The van der Waals surface area contributed by atoms with E-state index in [-0.39, 0.29) is 24.5 Å². The molecular formula is C20H20N2O4S2. The highest BCUT2D eigenvalue weighted by Crippen LogP contribution is 2.24. The van der Waals surface area contributed by atoms with Gasteiger partial charge >= 0.3 is 5.97 Å². The van der Waals surface area contributed by atoms with Crippen molar-refractivity contribution in [2.24, 2.45) is 0 Å². The lowest BCUT2D eigenvalue weighted by atomic mass is 10.2. The summed E-state index contributed by atoms with van der Waals surface area (Å²) >= 11 is 1.48. The Morgan fingerprint density at radius 2 is 1.82 bits per heavy atom. The number of ether oxygens (including phenoxy) is 1. The molecule has 0 saturated heterocycles. The molecule has 0 fully saturated rings. The number of carbonyl (C=O) groups excluding carboxylic acids is 1. The molecule has 0 aliphatic rings. The lowest BCUT2D eigenvalue weighted by Gasteiger charge is -2.06. The van der Waals surface area contributed by atoms with Crippen LogP contribution in [-0.4, -0.2) is 25.9 Å². The van der Waals surface area contributed by atoms with Crippen molar-refractivity contribution >= 4 is 27.3 Å². The molecule has 2 aromatic carbocycles. The Hall–Kier alpha value is -2.55. The van der Waals surface area contributed by atoms with Gasteiger partial charge in [0.1, 0.15) is 11.6 Å². The van der Waals surface area contributed by atoms with E-state index in [0.717, 1.165) is 10.6 Å². The van der Waals surface area contributed by atoms with Crippen molar-refractivity contribution in [3.8, 4) is 10.6 Å². The Morgan fingerprint density at radius 3 is 2.54 bits per heavy atom. The number of nitrogens with zero attached hydrogens (tertiary/aromatic N) is 1. The molecule has 1 N–H and O–H groups in total. The molecule has 3 rings (SSSR count). The standard InChI is InChI=1S/C20H20N2O4S2/c1-15-7-9-16(10-8-15)20-22-17(14-27-20)13-26-19(23)11-12-21-28(24,25)18-5-3-2-4-6-18/h2-10,14,21H,11-13H2,1H3. The van der Waals surface area contributed by atoms with E-state index in [9.17, 15) is 13.2 Å². The summed E-state index contributed by atoms with van der Waals surface area (Å²) in [5.41, 5.74) is 2.86. The molecule has 28 heavy (non-hydrogen) atoms. The molecule has 1 aromatic heterocycles. The second-order valence-electron chi connectivity index (χ2n) is 6.13. The molecule has 0 aliphatic heterocycles. The fourth-order valence-electron chi connectivity index (χ4n) is 2.40. The van der Waals surface area contributed by atoms with Gasteiger partial charge in [-0.2, -0.15) is 0 Å². The highest BCUT2D eigenvalue weighted by atomic mass is 32.2. The molecule has 0 radical (unpaired) electrons. The Kier molecular flexibility index (Phi) is 6.56. The number of thiazole rings is 1. The number of rotatable bonds is 8. The van der Waals surface area contributed by atoms with E-state index in [0.29, 0.717) is 5.69 Å². The molecule has 0 bridgehead atoms. The van der Waals surface area contributed by atoms with Crippen molar-refractivity contribution in [2.45, 2.75) is 24.8 Å². The van der Waals surface area contributed by atoms with Crippen molar-refractivity contribution in [1.29, 1.82) is 0 Å². The minimum Gasteiger partial charge on any atom is -0.459 e. The predicted molar refractivity (Wildman–Crippen MR) is 108 cm³/mol. The molecule has 8 heteroatoms. The Balaban J connectivity index is 1.45. The third-order valence-corrected chi connectivity index (χ3v) is 6.32. The zero-order valence-electron chi connectivity index (χ0n) is 15.3. The number of hydrogen-bond donors (Lipinski definition) is 1. The van der Waals surface area contributed by atoms with E-state index in [2.05, 4.69) is 9.71 Å². The van der Waals surface area contributed by atoms with Gasteiger partial charge in [-0.15, -0.1) is 11.3 Å². The largest absolute Gasteiger partial charge is 0.459 e. The van der Waals surface area contributed by atoms with Crippen molar-refractivity contribution in [2.75, 3.05) is 6.54 Å². The molecular weight excluding hydrogens is 396 g/mol. The molecule has 1 heterocycles. The molecule has 0 amide bonds. The number of hydrogen-bond acceptors (Lipinski definition) is 6. The maximum atomic E-state index is 12.1. The summed E-state index contributed by atoms with van der Waals surface area (Å²) in [6.45, 7) is 2.06. The summed E-state index contributed by atoms with van der Waals surface area (Å²) in [4.78, 5) is 16.5. The zero-order chi connectivity index (χ0) is 20.0. The van der Waals surface area contributed by atoms with E-state index in [1.807, 2.05) is 36.6 Å². The number of sulfonamides is 1. The number of esters is 1. The maximum Gasteiger partial charge on any atom is 0.307 e. The van der Waals surface area contributed by atoms with Crippen molar-refractivity contribution in [1.82, 2.24) is 9.71 Å². The van der Waals surface area contributed by atoms with Gasteiger partial charge in [-0.1, -0.05) is 48.0 Å². The van der Waals surface area contributed by atoms with E-state index in [1.165, 1.54) is 29.0 Å². The van der Waals surface area contributed by atoms with E-state index in [4.69, 9.17) is 4.74 Å². The van der Waals surface area contributed by atoms with Crippen molar-refractivity contribution in [3.05, 3.63) is 71.2 Å². The van der Waals surface area contributed by atoms with Gasteiger partial charge in [0.2, 0.25) is 10.0 Å². The SMILES string of the molecule is Cc1ccc(-c2nc(COC(=O)CCNS(=O)(=O)c3ccccc3)cs2)cc1. The van der Waals surface area contributed by atoms with Crippen LogP contribution in [0, 0.1) is 6.92 Å². The van der Waals surface area contributed by atoms with Crippen molar-refractivity contribution in [3.63, 3.8) is 0 Å². The highest BCUT2D eigenvalue weighted by Gasteiger charge is 2.14. The van der Waals surface area contributed by atoms with E-state index < -0.39 is 16.0 Å². The van der Waals surface area contributed by atoms with Crippen LogP contribution in [0.25, 0.3) is 10.6 Å². The van der Waals surface area contributed by atoms with Crippen LogP contribution in [0.3, 0.4) is 0 Å². The quantitative estimate of drug-likeness (QED) is 0.568. The molecule has 0 saturated carbocycles. The second-order valence-corrected chi connectivity index (χ2v) is 8.76. The Bertz CT molecular complexity index is 1030. The Labute approximate surface area is 168 Å². The number of nitrogens with one attached hydrogen (secondary N) is 1. The highest BCUT2D eigenvalue weighted by molar-refractivity contribution is 7.89. The van der Waals surface area contributed by atoms with Crippen LogP contribution in [0.15, 0.2) is 64.9 Å². The first-order valence-corrected chi connectivity index (χ1v) is 11.0.